The van der Waals surface area contributed by atoms with Gasteiger partial charge in [0.1, 0.15) is 15.9 Å². The Balaban J connectivity index is 1.99. The molecule has 2 N–H and O–H groups in total. The lowest BCUT2D eigenvalue weighted by Gasteiger charge is -2.29. The second-order valence-corrected chi connectivity index (χ2v) is 10.7. The molecular formula is C28H26N2OP+. The van der Waals surface area contributed by atoms with E-state index in [4.69, 9.17) is 0 Å². The molecule has 4 rings (SSSR count). The zero-order valence-electron chi connectivity index (χ0n) is 18.0. The van der Waals surface area contributed by atoms with Crippen molar-refractivity contribution in [2.45, 2.75) is 0 Å². The Labute approximate surface area is 190 Å². The van der Waals surface area contributed by atoms with Crippen molar-refractivity contribution in [3.05, 3.63) is 139 Å². The van der Waals surface area contributed by atoms with Crippen LogP contribution in [-0.4, -0.2) is 13.0 Å². The number of amides is 1. The summed E-state index contributed by atoms with van der Waals surface area (Å²) in [6.07, 6.45) is 1.93. The maximum atomic E-state index is 13.3. The van der Waals surface area contributed by atoms with Crippen LogP contribution < -0.4 is 26.5 Å². The van der Waals surface area contributed by atoms with Gasteiger partial charge in [-0.25, -0.2) is 0 Å². The van der Waals surface area contributed by atoms with Gasteiger partial charge in [0.25, 0.3) is 5.91 Å². The van der Waals surface area contributed by atoms with E-state index in [9.17, 15) is 4.79 Å². The van der Waals surface area contributed by atoms with Gasteiger partial charge in [0, 0.05) is 12.6 Å². The van der Waals surface area contributed by atoms with E-state index in [0.29, 0.717) is 5.56 Å². The molecule has 0 saturated heterocycles. The molecule has 0 fully saturated rings. The van der Waals surface area contributed by atoms with Gasteiger partial charge in [-0.05, 0) is 48.5 Å². The average molecular weight is 438 g/mol. The van der Waals surface area contributed by atoms with Gasteiger partial charge >= 0.3 is 0 Å². The van der Waals surface area contributed by atoms with Crippen molar-refractivity contribution in [1.29, 1.82) is 0 Å². The van der Waals surface area contributed by atoms with Crippen molar-refractivity contribution >= 4 is 29.1 Å². The van der Waals surface area contributed by atoms with Gasteiger partial charge in [-0.15, -0.1) is 0 Å². The van der Waals surface area contributed by atoms with Crippen LogP contribution in [0.25, 0.3) is 0 Å². The highest BCUT2D eigenvalue weighted by molar-refractivity contribution is 7.99. The highest BCUT2D eigenvalue weighted by Gasteiger charge is 2.50. The lowest BCUT2D eigenvalue weighted by atomic mass is 10.2. The minimum atomic E-state index is -2.39. The first-order chi connectivity index (χ1) is 15.8. The zero-order chi connectivity index (χ0) is 22.2. The minimum Gasteiger partial charge on any atom is -0.389 e. The van der Waals surface area contributed by atoms with E-state index in [2.05, 4.69) is 83.4 Å². The maximum absolute atomic E-state index is 13.3. The molecule has 0 aliphatic carbocycles. The third-order valence-electron chi connectivity index (χ3n) is 5.35. The quantitative estimate of drug-likeness (QED) is 0.420. The number of carbonyl (C=O) groups excluding carboxylic acids is 1. The second-order valence-electron chi connectivity index (χ2n) is 7.32. The van der Waals surface area contributed by atoms with E-state index in [-0.39, 0.29) is 5.91 Å². The minimum absolute atomic E-state index is 0.126. The molecule has 0 unspecified atom stereocenters. The summed E-state index contributed by atoms with van der Waals surface area (Å²) in [6.45, 7) is 0. The molecule has 0 bridgehead atoms. The molecule has 4 aromatic rings. The fourth-order valence-corrected chi connectivity index (χ4v) is 8.13. The van der Waals surface area contributed by atoms with Gasteiger partial charge in [-0.1, -0.05) is 72.8 Å². The van der Waals surface area contributed by atoms with Crippen LogP contribution in [0.3, 0.4) is 0 Å². The molecule has 0 saturated carbocycles. The fraction of sp³-hybridized carbons (Fsp3) is 0.0357. The maximum Gasteiger partial charge on any atom is 0.258 e. The molecule has 4 aromatic carbocycles. The summed E-state index contributed by atoms with van der Waals surface area (Å²) in [5.74, 6) is -0.126. The number of hydrogen-bond donors (Lipinski definition) is 2. The van der Waals surface area contributed by atoms with Gasteiger partial charge in [0.2, 0.25) is 0 Å². The summed E-state index contributed by atoms with van der Waals surface area (Å²) in [7, 11) is -0.522. The Hall–Kier alpha value is -3.68. The normalized spacial score (nSPS) is 11.6. The lowest BCUT2D eigenvalue weighted by Crippen LogP contribution is -2.39. The molecule has 0 aliphatic rings. The molecule has 4 heteroatoms. The van der Waals surface area contributed by atoms with Crippen LogP contribution in [0.5, 0.6) is 0 Å². The summed E-state index contributed by atoms with van der Waals surface area (Å²) in [5.41, 5.74) is 1.49. The van der Waals surface area contributed by atoms with Gasteiger partial charge in [0.15, 0.2) is 12.7 Å². The first-order valence-corrected chi connectivity index (χ1v) is 12.4. The van der Waals surface area contributed by atoms with E-state index >= 15 is 0 Å². The van der Waals surface area contributed by atoms with E-state index in [1.807, 2.05) is 61.8 Å². The van der Waals surface area contributed by atoms with Crippen LogP contribution in [-0.2, 0) is 0 Å². The Kier molecular flexibility index (Phi) is 6.79. The fourth-order valence-electron chi connectivity index (χ4n) is 3.95. The topological polar surface area (TPSA) is 41.1 Å². The van der Waals surface area contributed by atoms with Crippen LogP contribution in [0, 0.1) is 0 Å². The summed E-state index contributed by atoms with van der Waals surface area (Å²) in [4.78, 5) is 13.3. The largest absolute Gasteiger partial charge is 0.389 e. The molecule has 0 spiro atoms. The number of benzene rings is 4. The highest BCUT2D eigenvalue weighted by atomic mass is 31.2. The van der Waals surface area contributed by atoms with Crippen LogP contribution in [0.15, 0.2) is 133 Å². The van der Waals surface area contributed by atoms with Crippen molar-refractivity contribution in [2.24, 2.45) is 0 Å². The molecule has 0 aliphatic heterocycles. The summed E-state index contributed by atoms with van der Waals surface area (Å²) >= 11 is 0. The number of carbonyl (C=O) groups is 1. The van der Waals surface area contributed by atoms with Crippen LogP contribution in [0.4, 0.5) is 0 Å². The van der Waals surface area contributed by atoms with E-state index < -0.39 is 7.26 Å². The van der Waals surface area contributed by atoms with Crippen molar-refractivity contribution in [2.75, 3.05) is 7.05 Å². The smallest absolute Gasteiger partial charge is 0.258 e. The Bertz CT molecular complexity index is 1080. The predicted molar refractivity (Wildman–Crippen MR) is 136 cm³/mol. The van der Waals surface area contributed by atoms with Gasteiger partial charge in [0.05, 0.1) is 6.20 Å². The predicted octanol–water partition coefficient (Wildman–Crippen LogP) is 4.43. The Morgan fingerprint density at radius 2 is 1.00 bits per heavy atom. The van der Waals surface area contributed by atoms with E-state index in [0.717, 1.165) is 5.44 Å². The van der Waals surface area contributed by atoms with E-state index in [1.165, 1.54) is 15.9 Å². The van der Waals surface area contributed by atoms with Crippen molar-refractivity contribution in [3.63, 3.8) is 0 Å². The first-order valence-electron chi connectivity index (χ1n) is 10.6. The number of nitrogens with one attached hydrogen (secondary N) is 2. The average Bonchev–Trinajstić information content (AvgIpc) is 2.87. The SMILES string of the molecule is CN/C=C(\NC(=O)c1ccccc1)[P+](c1ccccc1)(c1ccccc1)c1ccccc1. The lowest BCUT2D eigenvalue weighted by molar-refractivity contribution is 0.0968. The van der Waals surface area contributed by atoms with Crippen molar-refractivity contribution in [3.8, 4) is 0 Å². The van der Waals surface area contributed by atoms with Gasteiger partial charge in [-0.3, -0.25) is 10.1 Å². The molecule has 0 heterocycles. The molecule has 1 amide bonds. The monoisotopic (exact) mass is 437 g/mol. The van der Waals surface area contributed by atoms with Crippen LogP contribution in [0.2, 0.25) is 0 Å². The summed E-state index contributed by atoms with van der Waals surface area (Å²) < 4.78 is 0. The Morgan fingerprint density at radius 1 is 0.625 bits per heavy atom. The molecule has 0 aromatic heterocycles. The molecule has 3 nitrogen and oxygen atoms in total. The van der Waals surface area contributed by atoms with Crippen molar-refractivity contribution in [1.82, 2.24) is 10.6 Å². The second kappa shape index (κ2) is 10.1. The molecule has 0 radical (unpaired) electrons. The van der Waals surface area contributed by atoms with Crippen molar-refractivity contribution < 1.29 is 4.79 Å². The molecule has 0 atom stereocenters. The van der Waals surface area contributed by atoms with Crippen LogP contribution >= 0.6 is 7.26 Å². The van der Waals surface area contributed by atoms with E-state index in [1.54, 1.807) is 0 Å². The molecule has 32 heavy (non-hydrogen) atoms. The van der Waals surface area contributed by atoms with Gasteiger partial charge in [-0.2, -0.15) is 0 Å². The number of hydrogen-bond acceptors (Lipinski definition) is 2. The standard InChI is InChI=1S/C28H25N2OP/c1-29-22-27(30-28(31)23-14-6-2-7-15-23)32(24-16-8-3-9-17-24,25-18-10-4-11-19-25)26-20-12-5-13-21-26/h2-22,29H,1H3/p+1/b27-22+. The molecular weight excluding hydrogens is 411 g/mol. The zero-order valence-corrected chi connectivity index (χ0v) is 18.9. The summed E-state index contributed by atoms with van der Waals surface area (Å²) in [5, 5.41) is 9.99. The Morgan fingerprint density at radius 3 is 1.38 bits per heavy atom. The number of rotatable bonds is 7. The third kappa shape index (κ3) is 4.21. The highest BCUT2D eigenvalue weighted by Crippen LogP contribution is 2.61. The molecule has 158 valence electrons. The summed E-state index contributed by atoms with van der Waals surface area (Å²) in [6, 6.07) is 40.7. The van der Waals surface area contributed by atoms with Crippen LogP contribution in [0.1, 0.15) is 10.4 Å². The third-order valence-corrected chi connectivity index (χ3v) is 9.53. The first kappa shape index (κ1) is 21.5. The van der Waals surface area contributed by atoms with Gasteiger partial charge < -0.3 is 5.32 Å².